The molecule has 15 nitrogen and oxygen atoms in total. The van der Waals surface area contributed by atoms with Crippen LogP contribution < -0.4 is 26.6 Å². The van der Waals surface area contributed by atoms with E-state index in [0.29, 0.717) is 78.6 Å². The Labute approximate surface area is 276 Å². The van der Waals surface area contributed by atoms with Crippen LogP contribution in [0.2, 0.25) is 0 Å². The predicted molar refractivity (Wildman–Crippen MR) is 181 cm³/mol. The van der Waals surface area contributed by atoms with E-state index in [2.05, 4.69) is 31.1 Å². The van der Waals surface area contributed by atoms with Gasteiger partial charge in [0.15, 0.2) is 6.29 Å². The Bertz CT molecular complexity index is 2020. The number of nitrogens with two attached hydrogens (primary N) is 1. The minimum Gasteiger partial charge on any atom is -0.506 e. The number of anilines is 3. The molecule has 6 rings (SSSR count). The third-order valence-electron chi connectivity index (χ3n) is 8.34. The molecule has 5 aromatic rings. The number of aromatic nitrogens is 6. The molecule has 250 valence electrons. The lowest BCUT2D eigenvalue weighted by Gasteiger charge is -2.27. The number of amides is 3. The molecular weight excluding hydrogens is 614 g/mol. The van der Waals surface area contributed by atoms with Crippen molar-refractivity contribution in [2.45, 2.75) is 66.5 Å². The number of fused-ring (bicyclic) bond motifs is 2. The molecule has 1 aliphatic rings. The first-order valence-corrected chi connectivity index (χ1v) is 15.9. The number of carbonyl (C=O) groups is 3. The summed E-state index contributed by atoms with van der Waals surface area (Å²) in [6.45, 7) is 9.63. The van der Waals surface area contributed by atoms with Crippen LogP contribution in [0.4, 0.5) is 17.3 Å². The first-order valence-electron chi connectivity index (χ1n) is 15.9. The number of phenolic OH excluding ortho intramolecular Hbond substituents is 1. The smallest absolute Gasteiger partial charge is 0.276 e. The highest BCUT2D eigenvalue weighted by atomic mass is 16.3. The number of rotatable bonds is 12. The van der Waals surface area contributed by atoms with E-state index in [1.807, 2.05) is 49.3 Å². The van der Waals surface area contributed by atoms with Crippen molar-refractivity contribution >= 4 is 46.1 Å². The molecule has 1 atom stereocenters. The van der Waals surface area contributed by atoms with Crippen LogP contribution in [0.5, 0.6) is 5.75 Å². The lowest BCUT2D eigenvalue weighted by molar-refractivity contribution is 0.0929. The minimum atomic E-state index is -0.594. The van der Waals surface area contributed by atoms with Crippen LogP contribution in [0.3, 0.4) is 0 Å². The van der Waals surface area contributed by atoms with Gasteiger partial charge in [0, 0.05) is 31.7 Å². The normalized spacial score (nSPS) is 13.8. The number of hydrogen-bond acceptors (Lipinski definition) is 9. The molecule has 0 saturated heterocycles. The number of benzene rings is 2. The van der Waals surface area contributed by atoms with Gasteiger partial charge in [-0.15, -0.1) is 0 Å². The second-order valence-corrected chi connectivity index (χ2v) is 11.7. The van der Waals surface area contributed by atoms with Crippen LogP contribution >= 0.6 is 0 Å². The van der Waals surface area contributed by atoms with Gasteiger partial charge < -0.3 is 30.9 Å². The van der Waals surface area contributed by atoms with Crippen molar-refractivity contribution in [2.75, 3.05) is 22.1 Å². The highest BCUT2D eigenvalue weighted by Crippen LogP contribution is 2.35. The number of aromatic hydroxyl groups is 1. The van der Waals surface area contributed by atoms with E-state index in [9.17, 15) is 19.5 Å². The van der Waals surface area contributed by atoms with Gasteiger partial charge in [0.2, 0.25) is 11.9 Å². The maximum absolute atomic E-state index is 13.4. The van der Waals surface area contributed by atoms with E-state index in [0.717, 1.165) is 17.1 Å². The van der Waals surface area contributed by atoms with E-state index in [1.165, 1.54) is 0 Å². The Hall–Kier alpha value is -5.86. The fraction of sp³-hybridized carbons (Fsp3) is 0.333. The summed E-state index contributed by atoms with van der Waals surface area (Å²) in [7, 11) is 0. The number of aryl methyl sites for hydroxylation is 5. The van der Waals surface area contributed by atoms with E-state index < -0.39 is 12.2 Å². The second-order valence-electron chi connectivity index (χ2n) is 11.7. The van der Waals surface area contributed by atoms with Gasteiger partial charge in [-0.3, -0.25) is 29.1 Å². The number of nitrogens with zero attached hydrogens (tertiary/aromatic N) is 7. The van der Waals surface area contributed by atoms with E-state index in [1.54, 1.807) is 45.8 Å². The summed E-state index contributed by atoms with van der Waals surface area (Å²) in [5.41, 5.74) is 10.8. The van der Waals surface area contributed by atoms with Crippen molar-refractivity contribution < 1.29 is 19.5 Å². The SMILES string of the molecule is CCn1nc(C)cc1C(=O)Nc1nc2c(O)cccc2n1CCCCN1c2ccc(C(N)=O)cc2NC1NC(=O)c1cc(C)nn1CC. The largest absolute Gasteiger partial charge is 0.506 e. The van der Waals surface area contributed by atoms with Gasteiger partial charge in [-0.2, -0.15) is 10.2 Å². The summed E-state index contributed by atoms with van der Waals surface area (Å²) in [6, 6.07) is 13.8. The maximum atomic E-state index is 13.4. The fourth-order valence-electron chi connectivity index (χ4n) is 6.09. The molecule has 0 fully saturated rings. The summed E-state index contributed by atoms with van der Waals surface area (Å²) >= 11 is 0. The standard InChI is InChI=1S/C33H39N11O4/c1-5-43-25(16-19(3)39-43)30(47)37-32-35-22-18-21(29(34)46)12-13-23(22)41(32)14-7-8-15-42-24-10-9-11-27(45)28(24)36-33(42)38-31(48)26-17-20(4)40-44(26)6-2/h9-13,16-18,32,35,45H,5-8,14-15H2,1-4H3,(H2,34,46)(H,37,47)(H,36,38,48). The Balaban J connectivity index is 1.21. The molecule has 1 unspecified atom stereocenters. The first-order chi connectivity index (χ1) is 23.1. The minimum absolute atomic E-state index is 0.0180. The molecular formula is C33H39N11O4. The third-order valence-corrected chi connectivity index (χ3v) is 8.34. The molecule has 0 aliphatic carbocycles. The summed E-state index contributed by atoms with van der Waals surface area (Å²) in [6.07, 6.45) is 0.762. The van der Waals surface area contributed by atoms with E-state index in [4.69, 9.17) is 5.73 Å². The fourth-order valence-corrected chi connectivity index (χ4v) is 6.09. The number of imidazole rings is 1. The Morgan fingerprint density at radius 3 is 2.25 bits per heavy atom. The highest BCUT2D eigenvalue weighted by Gasteiger charge is 2.31. The molecule has 4 heterocycles. The van der Waals surface area contributed by atoms with Crippen LogP contribution in [0.25, 0.3) is 11.0 Å². The number of carbonyl (C=O) groups excluding carboxylic acids is 3. The number of nitrogens with one attached hydrogen (secondary N) is 3. The van der Waals surface area contributed by atoms with Crippen molar-refractivity contribution in [3.63, 3.8) is 0 Å². The Morgan fingerprint density at radius 2 is 1.58 bits per heavy atom. The topological polar surface area (TPSA) is 190 Å². The molecule has 0 bridgehead atoms. The predicted octanol–water partition coefficient (Wildman–Crippen LogP) is 3.57. The number of phenols is 1. The zero-order valence-electron chi connectivity index (χ0n) is 27.3. The van der Waals surface area contributed by atoms with Crippen molar-refractivity contribution in [3.05, 3.63) is 76.9 Å². The molecule has 0 radical (unpaired) electrons. The average Bonchev–Trinajstić information content (AvgIpc) is 3.82. The quantitative estimate of drug-likeness (QED) is 0.125. The molecule has 48 heavy (non-hydrogen) atoms. The van der Waals surface area contributed by atoms with Crippen molar-refractivity contribution in [2.24, 2.45) is 5.73 Å². The van der Waals surface area contributed by atoms with Gasteiger partial charge >= 0.3 is 0 Å². The molecule has 6 N–H and O–H groups in total. The molecule has 3 aromatic heterocycles. The van der Waals surface area contributed by atoms with Crippen LogP contribution in [-0.4, -0.2) is 64.8 Å². The third kappa shape index (κ3) is 6.13. The van der Waals surface area contributed by atoms with Gasteiger partial charge in [0.1, 0.15) is 22.7 Å². The molecule has 15 heteroatoms. The van der Waals surface area contributed by atoms with Crippen molar-refractivity contribution in [3.8, 4) is 5.75 Å². The number of primary amides is 1. The average molecular weight is 654 g/mol. The Morgan fingerprint density at radius 1 is 0.917 bits per heavy atom. The second kappa shape index (κ2) is 13.1. The Kier molecular flexibility index (Phi) is 8.76. The zero-order valence-corrected chi connectivity index (χ0v) is 27.3. The summed E-state index contributed by atoms with van der Waals surface area (Å²) in [5, 5.41) is 28.6. The molecule has 0 saturated carbocycles. The van der Waals surface area contributed by atoms with Crippen LogP contribution in [0.15, 0.2) is 48.5 Å². The molecule has 2 aromatic carbocycles. The number of para-hydroxylation sites is 1. The van der Waals surface area contributed by atoms with Crippen LogP contribution in [0, 0.1) is 13.8 Å². The monoisotopic (exact) mass is 653 g/mol. The summed E-state index contributed by atoms with van der Waals surface area (Å²) < 4.78 is 5.17. The maximum Gasteiger partial charge on any atom is 0.276 e. The molecule has 0 spiro atoms. The van der Waals surface area contributed by atoms with E-state index in [-0.39, 0.29) is 17.6 Å². The first kappa shape index (κ1) is 32.1. The van der Waals surface area contributed by atoms with Crippen molar-refractivity contribution in [1.29, 1.82) is 0 Å². The highest BCUT2D eigenvalue weighted by molar-refractivity contribution is 6.03. The van der Waals surface area contributed by atoms with Crippen LogP contribution in [0.1, 0.15) is 69.4 Å². The molecule has 1 aliphatic heterocycles. The van der Waals surface area contributed by atoms with Gasteiger partial charge in [-0.05, 0) is 83.0 Å². The van der Waals surface area contributed by atoms with Gasteiger partial charge in [-0.1, -0.05) is 6.07 Å². The molecule has 3 amide bonds. The van der Waals surface area contributed by atoms with Gasteiger partial charge in [-0.25, -0.2) is 4.98 Å². The lowest BCUT2D eigenvalue weighted by Crippen LogP contribution is -2.50. The summed E-state index contributed by atoms with van der Waals surface area (Å²) in [4.78, 5) is 45.2. The zero-order chi connectivity index (χ0) is 34.1. The van der Waals surface area contributed by atoms with Gasteiger partial charge in [0.25, 0.3) is 11.8 Å². The van der Waals surface area contributed by atoms with Crippen LogP contribution in [-0.2, 0) is 19.6 Å². The number of unbranched alkanes of at least 4 members (excludes halogenated alkanes) is 1. The summed E-state index contributed by atoms with van der Waals surface area (Å²) in [5.74, 6) is -0.839. The number of hydrogen-bond donors (Lipinski definition) is 5. The van der Waals surface area contributed by atoms with Gasteiger partial charge in [0.05, 0.1) is 28.3 Å². The lowest BCUT2D eigenvalue weighted by atomic mass is 10.1. The van der Waals surface area contributed by atoms with Crippen molar-refractivity contribution in [1.82, 2.24) is 34.4 Å². The van der Waals surface area contributed by atoms with E-state index >= 15 is 0 Å².